The van der Waals surface area contributed by atoms with Crippen molar-refractivity contribution in [3.05, 3.63) is 41.4 Å². The third kappa shape index (κ3) is 3.97. The average Bonchev–Trinajstić information content (AvgIpc) is 2.26. The molecule has 9 heteroatoms. The summed E-state index contributed by atoms with van der Waals surface area (Å²) in [5.41, 5.74) is -2.09. The molecule has 0 radical (unpaired) electrons. The maximum absolute atomic E-state index is 12.3. The SMILES string of the molecule is O=C(/C=C(\O)C(F)(F)F)c1ccnc(C(F)(F)F)c1. The first-order valence-corrected chi connectivity index (χ1v) is 4.57. The molecule has 3 nitrogen and oxygen atoms in total. The Labute approximate surface area is 102 Å². The van der Waals surface area contributed by atoms with Crippen LogP contribution in [0.2, 0.25) is 0 Å². The second kappa shape index (κ2) is 4.90. The van der Waals surface area contributed by atoms with Crippen molar-refractivity contribution in [2.45, 2.75) is 12.4 Å². The van der Waals surface area contributed by atoms with E-state index in [9.17, 15) is 31.1 Å². The maximum Gasteiger partial charge on any atom is 0.448 e. The number of allylic oxidation sites excluding steroid dienone is 2. The van der Waals surface area contributed by atoms with E-state index in [0.717, 1.165) is 6.07 Å². The fourth-order valence-corrected chi connectivity index (χ4v) is 1.03. The molecule has 1 aromatic rings. The Morgan fingerprint density at radius 3 is 2.26 bits per heavy atom. The van der Waals surface area contributed by atoms with Crippen LogP contribution in [0.1, 0.15) is 16.1 Å². The van der Waals surface area contributed by atoms with Crippen molar-refractivity contribution in [3.8, 4) is 0 Å². The van der Waals surface area contributed by atoms with E-state index in [4.69, 9.17) is 5.11 Å². The van der Waals surface area contributed by atoms with Crippen LogP contribution in [0.15, 0.2) is 30.2 Å². The van der Waals surface area contributed by atoms with Crippen molar-refractivity contribution in [1.82, 2.24) is 4.98 Å². The van der Waals surface area contributed by atoms with Crippen molar-refractivity contribution >= 4 is 5.78 Å². The smallest absolute Gasteiger partial charge is 0.448 e. The topological polar surface area (TPSA) is 50.2 Å². The van der Waals surface area contributed by atoms with Crippen molar-refractivity contribution < 1.29 is 36.2 Å². The standard InChI is InChI=1S/C10H5F6NO2/c11-9(12,13)7-3-5(1-2-17-7)6(18)4-8(19)10(14,15)16/h1-4,19H/b8-4-. The lowest BCUT2D eigenvalue weighted by atomic mass is 10.1. The van der Waals surface area contributed by atoms with Crippen LogP contribution in [0.3, 0.4) is 0 Å². The Hall–Kier alpha value is -2.06. The molecule has 0 amide bonds. The maximum atomic E-state index is 12.3. The van der Waals surface area contributed by atoms with E-state index in [-0.39, 0.29) is 6.08 Å². The van der Waals surface area contributed by atoms with E-state index in [2.05, 4.69) is 4.98 Å². The van der Waals surface area contributed by atoms with Crippen molar-refractivity contribution in [2.24, 2.45) is 0 Å². The number of nitrogens with zero attached hydrogens (tertiary/aromatic N) is 1. The van der Waals surface area contributed by atoms with Crippen LogP contribution in [0.5, 0.6) is 0 Å². The zero-order chi connectivity index (χ0) is 14.8. The molecular weight excluding hydrogens is 280 g/mol. The fraction of sp³-hybridized carbons (Fsp3) is 0.200. The second-order valence-electron chi connectivity index (χ2n) is 3.32. The lowest BCUT2D eigenvalue weighted by Gasteiger charge is -2.07. The number of aliphatic hydroxyl groups is 1. The van der Waals surface area contributed by atoms with Crippen LogP contribution >= 0.6 is 0 Å². The van der Waals surface area contributed by atoms with E-state index in [1.165, 1.54) is 0 Å². The minimum absolute atomic E-state index is 0.199. The summed E-state index contributed by atoms with van der Waals surface area (Å²) < 4.78 is 72.6. The molecule has 1 N–H and O–H groups in total. The first-order chi connectivity index (χ1) is 8.51. The molecule has 0 aliphatic heterocycles. The predicted molar refractivity (Wildman–Crippen MR) is 50.3 cm³/mol. The number of aromatic nitrogens is 1. The number of alkyl halides is 6. The van der Waals surface area contributed by atoms with Crippen LogP contribution in [0, 0.1) is 0 Å². The number of rotatable bonds is 2. The summed E-state index contributed by atoms with van der Waals surface area (Å²) >= 11 is 0. The molecule has 0 spiro atoms. The third-order valence-corrected chi connectivity index (χ3v) is 1.89. The Bertz CT molecular complexity index is 517. The Morgan fingerprint density at radius 1 is 1.21 bits per heavy atom. The second-order valence-corrected chi connectivity index (χ2v) is 3.32. The molecule has 1 heterocycles. The van der Waals surface area contributed by atoms with Gasteiger partial charge in [-0.1, -0.05) is 0 Å². The van der Waals surface area contributed by atoms with Gasteiger partial charge in [0.2, 0.25) is 5.76 Å². The minimum Gasteiger partial charge on any atom is -0.504 e. The summed E-state index contributed by atoms with van der Waals surface area (Å²) in [4.78, 5) is 14.2. The normalized spacial score (nSPS) is 13.5. The Balaban J connectivity index is 3.09. The highest BCUT2D eigenvalue weighted by Gasteiger charge is 2.35. The van der Waals surface area contributed by atoms with Crippen LogP contribution in [-0.4, -0.2) is 22.1 Å². The lowest BCUT2D eigenvalue weighted by Crippen LogP contribution is -2.14. The highest BCUT2D eigenvalue weighted by Crippen LogP contribution is 2.28. The number of pyridine rings is 1. The van der Waals surface area contributed by atoms with Gasteiger partial charge in [0, 0.05) is 17.8 Å². The first kappa shape index (κ1) is 15.0. The third-order valence-electron chi connectivity index (χ3n) is 1.89. The van der Waals surface area contributed by atoms with Gasteiger partial charge < -0.3 is 5.11 Å². The molecule has 1 aromatic heterocycles. The lowest BCUT2D eigenvalue weighted by molar-refractivity contribution is -0.141. The number of halogens is 6. The zero-order valence-corrected chi connectivity index (χ0v) is 8.88. The van der Waals surface area contributed by atoms with E-state index >= 15 is 0 Å². The predicted octanol–water partition coefficient (Wildman–Crippen LogP) is 3.29. The molecule has 0 aliphatic rings. The summed E-state index contributed by atoms with van der Waals surface area (Å²) in [6, 6.07) is 1.10. The van der Waals surface area contributed by atoms with Gasteiger partial charge in [-0.25, -0.2) is 0 Å². The molecule has 0 unspecified atom stereocenters. The van der Waals surface area contributed by atoms with Crippen molar-refractivity contribution in [1.29, 1.82) is 0 Å². The van der Waals surface area contributed by atoms with Crippen LogP contribution < -0.4 is 0 Å². The van der Waals surface area contributed by atoms with E-state index in [1.54, 1.807) is 0 Å². The number of ketones is 1. The molecule has 0 fully saturated rings. The van der Waals surface area contributed by atoms with Crippen molar-refractivity contribution in [3.63, 3.8) is 0 Å². The molecule has 1 rings (SSSR count). The van der Waals surface area contributed by atoms with Gasteiger partial charge in [-0.3, -0.25) is 9.78 Å². The zero-order valence-electron chi connectivity index (χ0n) is 8.88. The molecular formula is C10H5F6NO2. The van der Waals surface area contributed by atoms with Gasteiger partial charge in [-0.05, 0) is 12.1 Å². The van der Waals surface area contributed by atoms with Crippen LogP contribution in [0.25, 0.3) is 0 Å². The van der Waals surface area contributed by atoms with Crippen LogP contribution in [-0.2, 0) is 6.18 Å². The summed E-state index contributed by atoms with van der Waals surface area (Å²) in [5, 5.41) is 8.52. The molecule has 0 atom stereocenters. The Kier molecular flexibility index (Phi) is 3.87. The van der Waals surface area contributed by atoms with Gasteiger partial charge in [-0.15, -0.1) is 0 Å². The van der Waals surface area contributed by atoms with Gasteiger partial charge in [-0.2, -0.15) is 26.3 Å². The quantitative estimate of drug-likeness (QED) is 0.392. The van der Waals surface area contributed by atoms with Crippen LogP contribution in [0.4, 0.5) is 26.3 Å². The summed E-state index contributed by atoms with van der Waals surface area (Å²) in [5.74, 6) is -3.61. The average molecular weight is 285 g/mol. The van der Waals surface area contributed by atoms with Crippen molar-refractivity contribution in [2.75, 3.05) is 0 Å². The summed E-state index contributed by atoms with van der Waals surface area (Å²) in [7, 11) is 0. The van der Waals surface area contributed by atoms with Gasteiger partial charge in [0.25, 0.3) is 0 Å². The van der Waals surface area contributed by atoms with Gasteiger partial charge in [0.05, 0.1) is 0 Å². The van der Waals surface area contributed by atoms with E-state index in [0.29, 0.717) is 12.3 Å². The molecule has 0 aromatic carbocycles. The molecule has 0 bridgehead atoms. The van der Waals surface area contributed by atoms with Gasteiger partial charge in [0.1, 0.15) is 5.69 Å². The summed E-state index contributed by atoms with van der Waals surface area (Å²) in [6.07, 6.45) is -9.54. The molecule has 104 valence electrons. The largest absolute Gasteiger partial charge is 0.504 e. The highest BCUT2D eigenvalue weighted by molar-refractivity contribution is 6.04. The van der Waals surface area contributed by atoms with Gasteiger partial charge in [0.15, 0.2) is 5.78 Å². The number of aliphatic hydroxyl groups excluding tert-OH is 1. The molecule has 0 aliphatic carbocycles. The molecule has 0 saturated carbocycles. The highest BCUT2D eigenvalue weighted by atomic mass is 19.4. The van der Waals surface area contributed by atoms with E-state index in [1.807, 2.05) is 0 Å². The Morgan fingerprint density at radius 2 is 1.79 bits per heavy atom. The van der Waals surface area contributed by atoms with Gasteiger partial charge >= 0.3 is 12.4 Å². The minimum atomic E-state index is -5.14. The molecule has 0 saturated heterocycles. The number of hydrogen-bond acceptors (Lipinski definition) is 3. The number of carbonyl (C=O) groups is 1. The first-order valence-electron chi connectivity index (χ1n) is 4.57. The van der Waals surface area contributed by atoms with E-state index < -0.39 is 35.2 Å². The summed E-state index contributed by atoms with van der Waals surface area (Å²) in [6.45, 7) is 0. The fourth-order valence-electron chi connectivity index (χ4n) is 1.03. The molecule has 19 heavy (non-hydrogen) atoms. The number of hydrogen-bond donors (Lipinski definition) is 1. The monoisotopic (exact) mass is 285 g/mol. The number of carbonyl (C=O) groups excluding carboxylic acids is 1.